The van der Waals surface area contributed by atoms with E-state index >= 15 is 0 Å². The van der Waals surface area contributed by atoms with Crippen LogP contribution in [0.2, 0.25) is 5.02 Å². The first-order valence-corrected chi connectivity index (χ1v) is 15.8. The minimum Gasteiger partial charge on any atom is -0.497 e. The van der Waals surface area contributed by atoms with Gasteiger partial charge in [-0.05, 0) is 54.3 Å². The molecule has 0 aliphatic rings. The van der Waals surface area contributed by atoms with E-state index < -0.39 is 16.1 Å². The van der Waals surface area contributed by atoms with Crippen molar-refractivity contribution in [3.8, 4) is 5.75 Å². The van der Waals surface area contributed by atoms with Gasteiger partial charge in [-0.1, -0.05) is 67.1 Å². The van der Waals surface area contributed by atoms with E-state index in [0.29, 0.717) is 29.4 Å². The Morgan fingerprint density at radius 2 is 1.68 bits per heavy atom. The van der Waals surface area contributed by atoms with Crippen molar-refractivity contribution in [2.24, 2.45) is 0 Å². The number of ether oxygens (including phenoxy) is 1. The molecule has 3 aromatic rings. The van der Waals surface area contributed by atoms with Crippen LogP contribution in [0.15, 0.2) is 78.9 Å². The molecule has 0 saturated carbocycles. The molecule has 0 aliphatic carbocycles. The maximum absolute atomic E-state index is 13.9. The van der Waals surface area contributed by atoms with E-state index in [0.717, 1.165) is 23.8 Å². The molecule has 2 amide bonds. The number of rotatable bonds is 15. The molecule has 3 aromatic carbocycles. The van der Waals surface area contributed by atoms with E-state index in [-0.39, 0.29) is 37.7 Å². The minimum absolute atomic E-state index is 0.0445. The molecule has 41 heavy (non-hydrogen) atoms. The summed E-state index contributed by atoms with van der Waals surface area (Å²) in [5, 5.41) is 3.38. The summed E-state index contributed by atoms with van der Waals surface area (Å²) in [4.78, 5) is 28.9. The first-order chi connectivity index (χ1) is 19.6. The molecular weight excluding hydrogens is 562 g/mol. The zero-order valence-electron chi connectivity index (χ0n) is 23.8. The first kappa shape index (κ1) is 32.0. The highest BCUT2D eigenvalue weighted by molar-refractivity contribution is 7.92. The SMILES string of the molecule is CCCNC(=O)C(Cc1ccccc1)N(Cc1cccc(OC)c1)C(=O)CCCN(c1cccc(Cl)c1)S(C)(=O)=O. The summed E-state index contributed by atoms with van der Waals surface area (Å²) in [6.45, 7) is 2.74. The van der Waals surface area contributed by atoms with Crippen molar-refractivity contribution in [2.75, 3.05) is 30.8 Å². The maximum Gasteiger partial charge on any atom is 0.243 e. The van der Waals surface area contributed by atoms with Crippen LogP contribution in [-0.4, -0.2) is 57.6 Å². The third kappa shape index (κ3) is 9.79. The van der Waals surface area contributed by atoms with Crippen molar-refractivity contribution in [2.45, 2.75) is 45.2 Å². The van der Waals surface area contributed by atoms with Gasteiger partial charge in [0.15, 0.2) is 0 Å². The molecule has 220 valence electrons. The summed E-state index contributed by atoms with van der Waals surface area (Å²) in [5.74, 6) is 0.166. The van der Waals surface area contributed by atoms with Crippen molar-refractivity contribution >= 4 is 39.1 Å². The Hall–Kier alpha value is -3.56. The Labute approximate surface area is 248 Å². The monoisotopic (exact) mass is 599 g/mol. The van der Waals surface area contributed by atoms with Gasteiger partial charge in [0.1, 0.15) is 11.8 Å². The second-order valence-electron chi connectivity index (χ2n) is 9.79. The van der Waals surface area contributed by atoms with Crippen molar-refractivity contribution in [3.05, 3.63) is 95.0 Å². The predicted octanol–water partition coefficient (Wildman–Crippen LogP) is 5.06. The smallest absolute Gasteiger partial charge is 0.243 e. The van der Waals surface area contributed by atoms with Gasteiger partial charge >= 0.3 is 0 Å². The first-order valence-electron chi connectivity index (χ1n) is 13.6. The van der Waals surface area contributed by atoms with E-state index in [9.17, 15) is 18.0 Å². The molecule has 0 spiro atoms. The van der Waals surface area contributed by atoms with Crippen molar-refractivity contribution in [3.63, 3.8) is 0 Å². The summed E-state index contributed by atoms with van der Waals surface area (Å²) in [7, 11) is -2.04. The zero-order valence-corrected chi connectivity index (χ0v) is 25.3. The van der Waals surface area contributed by atoms with E-state index in [1.807, 2.05) is 61.5 Å². The number of nitrogens with zero attached hydrogens (tertiary/aromatic N) is 2. The third-order valence-corrected chi connectivity index (χ3v) is 7.98. The van der Waals surface area contributed by atoms with Gasteiger partial charge in [-0.3, -0.25) is 13.9 Å². The second kappa shape index (κ2) is 15.4. The standard InChI is InChI=1S/C31H38ClN3O5S/c1-4-18-33-31(37)29(21-24-11-6-5-7-12-24)34(23-25-13-8-16-28(20-25)40-2)30(36)17-10-19-35(41(3,38)39)27-15-9-14-26(32)22-27/h5-9,11-16,20,22,29H,4,10,17-19,21,23H2,1-3H3,(H,33,37). The van der Waals surface area contributed by atoms with E-state index in [1.165, 1.54) is 4.31 Å². The number of sulfonamides is 1. The quantitative estimate of drug-likeness (QED) is 0.263. The number of benzene rings is 3. The van der Waals surface area contributed by atoms with Crippen LogP contribution in [0, 0.1) is 0 Å². The van der Waals surface area contributed by atoms with Crippen LogP contribution >= 0.6 is 11.6 Å². The lowest BCUT2D eigenvalue weighted by Gasteiger charge is -2.32. The second-order valence-corrected chi connectivity index (χ2v) is 12.1. The highest BCUT2D eigenvalue weighted by Gasteiger charge is 2.30. The van der Waals surface area contributed by atoms with Crippen LogP contribution < -0.4 is 14.4 Å². The summed E-state index contributed by atoms with van der Waals surface area (Å²) < 4.78 is 31.8. The molecule has 1 N–H and O–H groups in total. The van der Waals surface area contributed by atoms with Gasteiger partial charge in [0.05, 0.1) is 19.1 Å². The fraction of sp³-hybridized carbons (Fsp3) is 0.355. The highest BCUT2D eigenvalue weighted by Crippen LogP contribution is 2.23. The van der Waals surface area contributed by atoms with Gasteiger partial charge in [-0.25, -0.2) is 8.42 Å². The Morgan fingerprint density at radius 1 is 0.976 bits per heavy atom. The van der Waals surface area contributed by atoms with Crippen LogP contribution in [0.1, 0.15) is 37.3 Å². The van der Waals surface area contributed by atoms with Crippen LogP contribution in [0.3, 0.4) is 0 Å². The number of amides is 2. The molecule has 1 unspecified atom stereocenters. The van der Waals surface area contributed by atoms with E-state index in [1.54, 1.807) is 36.3 Å². The topological polar surface area (TPSA) is 96.0 Å². The number of methoxy groups -OCH3 is 1. The molecule has 8 nitrogen and oxygen atoms in total. The fourth-order valence-electron chi connectivity index (χ4n) is 4.52. The Morgan fingerprint density at radius 3 is 2.34 bits per heavy atom. The molecule has 0 radical (unpaired) electrons. The molecule has 10 heteroatoms. The number of carbonyl (C=O) groups is 2. The number of hydrogen-bond donors (Lipinski definition) is 1. The van der Waals surface area contributed by atoms with Crippen molar-refractivity contribution in [1.29, 1.82) is 0 Å². The average molecular weight is 600 g/mol. The predicted molar refractivity (Wildman–Crippen MR) is 164 cm³/mol. The Kier molecular flexibility index (Phi) is 12.0. The lowest BCUT2D eigenvalue weighted by Crippen LogP contribution is -2.50. The molecule has 0 heterocycles. The van der Waals surface area contributed by atoms with Gasteiger partial charge in [0, 0.05) is 37.5 Å². The highest BCUT2D eigenvalue weighted by atomic mass is 35.5. The van der Waals surface area contributed by atoms with Crippen LogP contribution in [0.25, 0.3) is 0 Å². The molecule has 1 atom stereocenters. The molecule has 0 saturated heterocycles. The number of nitrogens with one attached hydrogen (secondary N) is 1. The molecule has 0 bridgehead atoms. The number of hydrogen-bond acceptors (Lipinski definition) is 5. The molecular formula is C31H38ClN3O5S. The largest absolute Gasteiger partial charge is 0.497 e. The van der Waals surface area contributed by atoms with Crippen LogP contribution in [0.4, 0.5) is 5.69 Å². The molecule has 3 rings (SSSR count). The summed E-state index contributed by atoms with van der Waals surface area (Å²) in [6.07, 6.45) is 2.52. The molecule has 0 aromatic heterocycles. The average Bonchev–Trinajstić information content (AvgIpc) is 2.95. The molecule has 0 aliphatic heterocycles. The summed E-state index contributed by atoms with van der Waals surface area (Å²) >= 11 is 6.10. The fourth-order valence-corrected chi connectivity index (χ4v) is 5.66. The Balaban J connectivity index is 1.89. The zero-order chi connectivity index (χ0) is 29.8. The minimum atomic E-state index is -3.62. The van der Waals surface area contributed by atoms with Crippen LogP contribution in [-0.2, 0) is 32.6 Å². The normalized spacial score (nSPS) is 11.9. The van der Waals surface area contributed by atoms with Crippen molar-refractivity contribution in [1.82, 2.24) is 10.2 Å². The third-order valence-electron chi connectivity index (χ3n) is 6.56. The van der Waals surface area contributed by atoms with Gasteiger partial charge in [-0.15, -0.1) is 0 Å². The van der Waals surface area contributed by atoms with Gasteiger partial charge in [0.25, 0.3) is 0 Å². The number of carbonyl (C=O) groups excluding carboxylic acids is 2. The Bertz CT molecular complexity index is 1400. The number of halogens is 1. The molecule has 0 fully saturated rings. The summed E-state index contributed by atoms with van der Waals surface area (Å²) in [6, 6.07) is 22.8. The van der Waals surface area contributed by atoms with Gasteiger partial charge < -0.3 is 15.0 Å². The maximum atomic E-state index is 13.9. The number of anilines is 1. The lowest BCUT2D eigenvalue weighted by atomic mass is 10.0. The van der Waals surface area contributed by atoms with Crippen LogP contribution in [0.5, 0.6) is 5.75 Å². The van der Waals surface area contributed by atoms with E-state index in [2.05, 4.69) is 5.32 Å². The van der Waals surface area contributed by atoms with Gasteiger partial charge in [0.2, 0.25) is 21.8 Å². The lowest BCUT2D eigenvalue weighted by molar-refractivity contribution is -0.141. The van der Waals surface area contributed by atoms with E-state index in [4.69, 9.17) is 16.3 Å². The van der Waals surface area contributed by atoms with Crippen molar-refractivity contribution < 1.29 is 22.7 Å². The summed E-state index contributed by atoms with van der Waals surface area (Å²) in [5.41, 5.74) is 2.18. The van der Waals surface area contributed by atoms with Gasteiger partial charge in [-0.2, -0.15) is 0 Å².